The number of benzene rings is 1. The number of imide groups is 1. The van der Waals surface area contributed by atoms with Gasteiger partial charge in [-0.05, 0) is 36.6 Å². The van der Waals surface area contributed by atoms with Gasteiger partial charge < -0.3 is 20.7 Å². The number of ether oxygens (including phenoxy) is 1. The maximum atomic E-state index is 12.7. The van der Waals surface area contributed by atoms with Gasteiger partial charge >= 0.3 is 0 Å². The van der Waals surface area contributed by atoms with Crippen LogP contribution in [0.5, 0.6) is 5.75 Å². The molecule has 1 saturated carbocycles. The average Bonchev–Trinajstić information content (AvgIpc) is 3.28. The molecule has 0 radical (unpaired) electrons. The minimum atomic E-state index is -1.40. The summed E-state index contributed by atoms with van der Waals surface area (Å²) < 4.78 is 5.21. The molecule has 3 amide bonds. The maximum absolute atomic E-state index is 12.7. The van der Waals surface area contributed by atoms with Crippen molar-refractivity contribution in [3.05, 3.63) is 29.3 Å². The molecule has 1 heterocycles. The molecule has 4 N–H and O–H groups in total. The summed E-state index contributed by atoms with van der Waals surface area (Å²) in [5.74, 6) is -0.101. The molecule has 0 aromatic heterocycles. The van der Waals surface area contributed by atoms with Gasteiger partial charge in [-0.3, -0.25) is 19.7 Å². The number of amides is 3. The van der Waals surface area contributed by atoms with Crippen LogP contribution in [0.2, 0.25) is 0 Å². The minimum Gasteiger partial charge on any atom is -0.497 e. The zero-order valence-electron chi connectivity index (χ0n) is 15.5. The Morgan fingerprint density at radius 1 is 1.41 bits per heavy atom. The van der Waals surface area contributed by atoms with E-state index in [-0.39, 0.29) is 19.0 Å². The fraction of sp³-hybridized carbons (Fsp3) is 0.526. The summed E-state index contributed by atoms with van der Waals surface area (Å²) in [7, 11) is 1.57. The van der Waals surface area contributed by atoms with Crippen molar-refractivity contribution < 1.29 is 19.1 Å². The van der Waals surface area contributed by atoms with Crippen LogP contribution in [0.1, 0.15) is 41.6 Å². The number of hydrogen-bond acceptors (Lipinski definition) is 6. The molecule has 0 bridgehead atoms. The molecule has 1 fully saturated rings. The summed E-state index contributed by atoms with van der Waals surface area (Å²) >= 11 is 0. The molecule has 27 heavy (non-hydrogen) atoms. The van der Waals surface area contributed by atoms with Gasteiger partial charge in [0.1, 0.15) is 11.3 Å². The summed E-state index contributed by atoms with van der Waals surface area (Å²) in [6.07, 6.45) is 4.71. The van der Waals surface area contributed by atoms with Crippen LogP contribution in [0.25, 0.3) is 0 Å². The van der Waals surface area contributed by atoms with Gasteiger partial charge in [-0.25, -0.2) is 0 Å². The monoisotopic (exact) mass is 374 g/mol. The Balaban J connectivity index is 1.74. The number of methoxy groups -OCH3 is 1. The van der Waals surface area contributed by atoms with Gasteiger partial charge in [-0.1, -0.05) is 12.8 Å². The SMILES string of the molecule is COc1ccc2c(c1)CN(CC(N)(CNC1CCCC1)C(=O)NC=O)C2=O. The maximum Gasteiger partial charge on any atom is 0.254 e. The smallest absolute Gasteiger partial charge is 0.254 e. The highest BCUT2D eigenvalue weighted by atomic mass is 16.5. The largest absolute Gasteiger partial charge is 0.497 e. The van der Waals surface area contributed by atoms with Crippen LogP contribution in [-0.2, 0) is 16.1 Å². The Labute approximate surface area is 158 Å². The van der Waals surface area contributed by atoms with E-state index in [9.17, 15) is 14.4 Å². The molecule has 1 unspecified atom stereocenters. The lowest BCUT2D eigenvalue weighted by molar-refractivity contribution is -0.130. The van der Waals surface area contributed by atoms with Crippen LogP contribution >= 0.6 is 0 Å². The van der Waals surface area contributed by atoms with E-state index in [0.29, 0.717) is 30.3 Å². The molecule has 8 nitrogen and oxygen atoms in total. The van der Waals surface area contributed by atoms with Gasteiger partial charge in [0, 0.05) is 31.2 Å². The molecule has 2 aliphatic rings. The van der Waals surface area contributed by atoms with E-state index in [0.717, 1.165) is 31.2 Å². The van der Waals surface area contributed by atoms with Crippen molar-refractivity contribution in [3.63, 3.8) is 0 Å². The first-order valence-electron chi connectivity index (χ1n) is 9.20. The predicted molar refractivity (Wildman–Crippen MR) is 99.1 cm³/mol. The second-order valence-corrected chi connectivity index (χ2v) is 7.29. The van der Waals surface area contributed by atoms with Gasteiger partial charge in [-0.2, -0.15) is 0 Å². The number of nitrogens with two attached hydrogens (primary N) is 1. The molecule has 1 aliphatic heterocycles. The molecule has 0 spiro atoms. The molecule has 146 valence electrons. The quantitative estimate of drug-likeness (QED) is 0.558. The number of carbonyl (C=O) groups excluding carboxylic acids is 3. The number of fused-ring (bicyclic) bond motifs is 1. The first kappa shape index (κ1) is 19.3. The third kappa shape index (κ3) is 4.12. The van der Waals surface area contributed by atoms with E-state index in [1.807, 2.05) is 6.07 Å². The van der Waals surface area contributed by atoms with Crippen LogP contribution in [-0.4, -0.2) is 54.9 Å². The third-order valence-corrected chi connectivity index (χ3v) is 5.37. The molecule has 1 aliphatic carbocycles. The fourth-order valence-corrected chi connectivity index (χ4v) is 3.81. The van der Waals surface area contributed by atoms with Crippen LogP contribution in [0, 0.1) is 0 Å². The second kappa shape index (κ2) is 8.06. The van der Waals surface area contributed by atoms with Crippen molar-refractivity contribution in [3.8, 4) is 5.75 Å². The fourth-order valence-electron chi connectivity index (χ4n) is 3.81. The van der Waals surface area contributed by atoms with Gasteiger partial charge in [0.2, 0.25) is 12.3 Å². The second-order valence-electron chi connectivity index (χ2n) is 7.29. The van der Waals surface area contributed by atoms with E-state index in [1.165, 1.54) is 0 Å². The van der Waals surface area contributed by atoms with E-state index in [4.69, 9.17) is 10.5 Å². The lowest BCUT2D eigenvalue weighted by atomic mass is 9.98. The molecule has 1 aromatic carbocycles. The normalized spacial score (nSPS) is 18.9. The van der Waals surface area contributed by atoms with Crippen LogP contribution in [0.4, 0.5) is 0 Å². The highest BCUT2D eigenvalue weighted by Crippen LogP contribution is 2.27. The van der Waals surface area contributed by atoms with Gasteiger partial charge in [0.25, 0.3) is 5.91 Å². The van der Waals surface area contributed by atoms with Crippen molar-refractivity contribution in [2.45, 2.75) is 43.8 Å². The van der Waals surface area contributed by atoms with Crippen LogP contribution in [0.3, 0.4) is 0 Å². The number of rotatable bonds is 8. The highest BCUT2D eigenvalue weighted by molar-refractivity contribution is 6.00. The molecule has 3 rings (SSSR count). The Bertz CT molecular complexity index is 732. The number of hydrogen-bond donors (Lipinski definition) is 3. The Kier molecular flexibility index (Phi) is 5.76. The van der Waals surface area contributed by atoms with Gasteiger partial charge in [-0.15, -0.1) is 0 Å². The zero-order chi connectivity index (χ0) is 19.4. The summed E-state index contributed by atoms with van der Waals surface area (Å²) in [5, 5.41) is 5.48. The predicted octanol–water partition coefficient (Wildman–Crippen LogP) is 0.153. The molecular weight excluding hydrogens is 348 g/mol. The summed E-state index contributed by atoms with van der Waals surface area (Å²) in [5.41, 5.74) is 6.40. The first-order chi connectivity index (χ1) is 13.0. The molecule has 8 heteroatoms. The summed E-state index contributed by atoms with van der Waals surface area (Å²) in [4.78, 5) is 37.5. The average molecular weight is 374 g/mol. The number of nitrogens with zero attached hydrogens (tertiary/aromatic N) is 1. The highest BCUT2D eigenvalue weighted by Gasteiger charge is 2.40. The zero-order valence-corrected chi connectivity index (χ0v) is 15.5. The third-order valence-electron chi connectivity index (χ3n) is 5.37. The van der Waals surface area contributed by atoms with E-state index >= 15 is 0 Å². The standard InChI is InChI=1S/C19H26N4O4/c1-27-15-6-7-16-13(8-15)9-23(17(16)25)11-19(20,18(26)22-12-24)10-21-14-4-2-3-5-14/h6-8,12,14,21H,2-5,9-11,20H2,1H3,(H,22,24,26). The molecular formula is C19H26N4O4. The summed E-state index contributed by atoms with van der Waals surface area (Å²) in [6, 6.07) is 5.58. The Morgan fingerprint density at radius 3 is 2.81 bits per heavy atom. The van der Waals surface area contributed by atoms with E-state index < -0.39 is 11.4 Å². The topological polar surface area (TPSA) is 114 Å². The number of nitrogens with one attached hydrogen (secondary N) is 2. The molecule has 1 atom stereocenters. The van der Waals surface area contributed by atoms with Crippen LogP contribution < -0.4 is 21.1 Å². The lowest BCUT2D eigenvalue weighted by Crippen LogP contribution is -2.65. The van der Waals surface area contributed by atoms with Crippen molar-refractivity contribution in [2.24, 2.45) is 5.73 Å². The van der Waals surface area contributed by atoms with Crippen molar-refractivity contribution in [1.29, 1.82) is 0 Å². The van der Waals surface area contributed by atoms with Crippen molar-refractivity contribution in [2.75, 3.05) is 20.2 Å². The Hall–Kier alpha value is -2.45. The summed E-state index contributed by atoms with van der Waals surface area (Å²) in [6.45, 7) is 0.561. The van der Waals surface area contributed by atoms with E-state index in [2.05, 4.69) is 10.6 Å². The van der Waals surface area contributed by atoms with Gasteiger partial charge in [0.15, 0.2) is 0 Å². The lowest BCUT2D eigenvalue weighted by Gasteiger charge is -2.33. The van der Waals surface area contributed by atoms with Crippen molar-refractivity contribution in [1.82, 2.24) is 15.5 Å². The van der Waals surface area contributed by atoms with E-state index in [1.54, 1.807) is 24.1 Å². The Morgan fingerprint density at radius 2 is 2.15 bits per heavy atom. The molecule has 0 saturated heterocycles. The minimum absolute atomic E-state index is 0.0161. The van der Waals surface area contributed by atoms with Crippen LogP contribution in [0.15, 0.2) is 18.2 Å². The first-order valence-corrected chi connectivity index (χ1v) is 9.20. The van der Waals surface area contributed by atoms with Gasteiger partial charge in [0.05, 0.1) is 7.11 Å². The molecule has 1 aromatic rings. The number of carbonyl (C=O) groups is 3. The van der Waals surface area contributed by atoms with Crippen molar-refractivity contribution >= 4 is 18.2 Å².